The standard InChI is InChI=1S/C14H21BrN2/c1-14(2)11-17(9-8-16(14)3)13-7-5-4-6-12(13)10-15/h4-7H,8-11H2,1-3H3. The summed E-state index contributed by atoms with van der Waals surface area (Å²) >= 11 is 3.58. The van der Waals surface area contributed by atoms with Gasteiger partial charge < -0.3 is 4.90 Å². The van der Waals surface area contributed by atoms with Gasteiger partial charge in [0.15, 0.2) is 0 Å². The molecule has 1 aromatic carbocycles. The van der Waals surface area contributed by atoms with Crippen LogP contribution >= 0.6 is 15.9 Å². The molecule has 2 rings (SSSR count). The summed E-state index contributed by atoms with van der Waals surface area (Å²) in [5.41, 5.74) is 3.01. The highest BCUT2D eigenvalue weighted by atomic mass is 79.9. The molecule has 1 aromatic rings. The first-order valence-corrected chi connectivity index (χ1v) is 7.27. The van der Waals surface area contributed by atoms with Gasteiger partial charge in [-0.2, -0.15) is 0 Å². The Labute approximate surface area is 113 Å². The summed E-state index contributed by atoms with van der Waals surface area (Å²) < 4.78 is 0. The summed E-state index contributed by atoms with van der Waals surface area (Å²) in [7, 11) is 2.22. The molecule has 3 heteroatoms. The first-order chi connectivity index (χ1) is 8.04. The van der Waals surface area contributed by atoms with Gasteiger partial charge in [0, 0.05) is 36.2 Å². The number of benzene rings is 1. The van der Waals surface area contributed by atoms with E-state index in [9.17, 15) is 0 Å². The van der Waals surface area contributed by atoms with Crippen molar-refractivity contribution in [3.63, 3.8) is 0 Å². The maximum Gasteiger partial charge on any atom is 0.0408 e. The van der Waals surface area contributed by atoms with Crippen LogP contribution in [0.4, 0.5) is 5.69 Å². The third-order valence-electron chi connectivity index (χ3n) is 3.79. The molecule has 0 aliphatic carbocycles. The molecule has 0 bridgehead atoms. The smallest absolute Gasteiger partial charge is 0.0408 e. The van der Waals surface area contributed by atoms with Gasteiger partial charge in [0.05, 0.1) is 0 Å². The van der Waals surface area contributed by atoms with E-state index in [0.717, 1.165) is 25.0 Å². The molecular formula is C14H21BrN2. The van der Waals surface area contributed by atoms with Gasteiger partial charge in [0.2, 0.25) is 0 Å². The Balaban J connectivity index is 2.23. The molecule has 0 unspecified atom stereocenters. The molecule has 0 spiro atoms. The molecule has 2 nitrogen and oxygen atoms in total. The van der Waals surface area contributed by atoms with Crippen LogP contribution in [0, 0.1) is 0 Å². The number of para-hydroxylation sites is 1. The lowest BCUT2D eigenvalue weighted by Crippen LogP contribution is -2.57. The number of halogens is 1. The molecule has 0 saturated carbocycles. The molecule has 1 aliphatic rings. The summed E-state index contributed by atoms with van der Waals surface area (Å²) in [6.07, 6.45) is 0. The maximum absolute atomic E-state index is 3.58. The number of rotatable bonds is 2. The van der Waals surface area contributed by atoms with Crippen molar-refractivity contribution >= 4 is 21.6 Å². The zero-order valence-corrected chi connectivity index (χ0v) is 12.5. The molecule has 17 heavy (non-hydrogen) atoms. The highest BCUT2D eigenvalue weighted by Gasteiger charge is 2.31. The van der Waals surface area contributed by atoms with E-state index in [1.54, 1.807) is 0 Å². The fourth-order valence-corrected chi connectivity index (χ4v) is 2.85. The van der Waals surface area contributed by atoms with Crippen LogP contribution in [0.1, 0.15) is 19.4 Å². The van der Waals surface area contributed by atoms with Crippen LogP contribution < -0.4 is 4.90 Å². The monoisotopic (exact) mass is 296 g/mol. The van der Waals surface area contributed by atoms with Crippen molar-refractivity contribution in [3.05, 3.63) is 29.8 Å². The molecule has 94 valence electrons. The largest absolute Gasteiger partial charge is 0.368 e. The molecule has 1 saturated heterocycles. The molecule has 0 radical (unpaired) electrons. The number of anilines is 1. The van der Waals surface area contributed by atoms with E-state index in [-0.39, 0.29) is 5.54 Å². The molecule has 1 fully saturated rings. The van der Waals surface area contributed by atoms with Crippen molar-refractivity contribution in [3.8, 4) is 0 Å². The Morgan fingerprint density at radius 2 is 1.94 bits per heavy atom. The number of piperazine rings is 1. The van der Waals surface area contributed by atoms with Crippen molar-refractivity contribution in [1.82, 2.24) is 4.90 Å². The molecular weight excluding hydrogens is 276 g/mol. The highest BCUT2D eigenvalue weighted by molar-refractivity contribution is 9.08. The van der Waals surface area contributed by atoms with Crippen molar-refractivity contribution < 1.29 is 0 Å². The van der Waals surface area contributed by atoms with Gasteiger partial charge in [-0.3, -0.25) is 4.90 Å². The lowest BCUT2D eigenvalue weighted by Gasteiger charge is -2.46. The van der Waals surface area contributed by atoms with Crippen LogP contribution in [0.25, 0.3) is 0 Å². The second kappa shape index (κ2) is 4.99. The topological polar surface area (TPSA) is 6.48 Å². The van der Waals surface area contributed by atoms with Gasteiger partial charge in [-0.15, -0.1) is 0 Å². The summed E-state index contributed by atoms with van der Waals surface area (Å²) in [5, 5.41) is 0.927. The SMILES string of the molecule is CN1CCN(c2ccccc2CBr)CC1(C)C. The third kappa shape index (κ3) is 2.66. The van der Waals surface area contributed by atoms with E-state index < -0.39 is 0 Å². The first kappa shape index (κ1) is 12.9. The number of nitrogens with zero attached hydrogens (tertiary/aromatic N) is 2. The second-order valence-corrected chi connectivity index (χ2v) is 5.98. The van der Waals surface area contributed by atoms with Crippen LogP contribution in [0.2, 0.25) is 0 Å². The average molecular weight is 297 g/mol. The summed E-state index contributed by atoms with van der Waals surface area (Å²) in [4.78, 5) is 4.96. The van der Waals surface area contributed by atoms with Crippen LogP contribution in [0.5, 0.6) is 0 Å². The number of hydrogen-bond acceptors (Lipinski definition) is 2. The van der Waals surface area contributed by atoms with E-state index in [0.29, 0.717) is 0 Å². The van der Waals surface area contributed by atoms with Crippen LogP contribution in [0.15, 0.2) is 24.3 Å². The normalized spacial score (nSPS) is 20.6. The Kier molecular flexibility index (Phi) is 3.79. The summed E-state index contributed by atoms with van der Waals surface area (Å²) in [5.74, 6) is 0. The predicted octanol–water partition coefficient (Wildman–Crippen LogP) is 3.11. The lowest BCUT2D eigenvalue weighted by atomic mass is 9.98. The zero-order chi connectivity index (χ0) is 12.5. The van der Waals surface area contributed by atoms with Crippen LogP contribution in [-0.2, 0) is 5.33 Å². The summed E-state index contributed by atoms with van der Waals surface area (Å²) in [6, 6.07) is 8.68. The Bertz CT molecular complexity index is 390. The van der Waals surface area contributed by atoms with Crippen molar-refractivity contribution in [2.24, 2.45) is 0 Å². The van der Waals surface area contributed by atoms with Crippen LogP contribution in [-0.4, -0.2) is 37.1 Å². The van der Waals surface area contributed by atoms with E-state index >= 15 is 0 Å². The van der Waals surface area contributed by atoms with Crippen molar-refractivity contribution in [2.75, 3.05) is 31.6 Å². The van der Waals surface area contributed by atoms with Gasteiger partial charge in [-0.05, 0) is 32.5 Å². The molecule has 1 aliphatic heterocycles. The Morgan fingerprint density at radius 3 is 2.59 bits per heavy atom. The molecule has 1 heterocycles. The van der Waals surface area contributed by atoms with Crippen molar-refractivity contribution in [2.45, 2.75) is 24.7 Å². The third-order valence-corrected chi connectivity index (χ3v) is 4.40. The summed E-state index contributed by atoms with van der Waals surface area (Å²) in [6.45, 7) is 7.97. The molecule has 0 N–H and O–H groups in total. The number of alkyl halides is 1. The van der Waals surface area contributed by atoms with Gasteiger partial charge in [-0.25, -0.2) is 0 Å². The maximum atomic E-state index is 3.58. The first-order valence-electron chi connectivity index (χ1n) is 6.14. The molecule has 0 atom stereocenters. The van der Waals surface area contributed by atoms with E-state index in [2.05, 4.69) is 70.9 Å². The Hall–Kier alpha value is -0.540. The predicted molar refractivity (Wildman–Crippen MR) is 78.0 cm³/mol. The van der Waals surface area contributed by atoms with Gasteiger partial charge in [0.1, 0.15) is 0 Å². The quantitative estimate of drug-likeness (QED) is 0.774. The second-order valence-electron chi connectivity index (χ2n) is 5.42. The minimum absolute atomic E-state index is 0.248. The fourth-order valence-electron chi connectivity index (χ4n) is 2.38. The zero-order valence-electron chi connectivity index (χ0n) is 10.9. The lowest BCUT2D eigenvalue weighted by molar-refractivity contribution is 0.139. The molecule has 0 aromatic heterocycles. The fraction of sp³-hybridized carbons (Fsp3) is 0.571. The Morgan fingerprint density at radius 1 is 1.24 bits per heavy atom. The van der Waals surface area contributed by atoms with Gasteiger partial charge in [0.25, 0.3) is 0 Å². The van der Waals surface area contributed by atoms with Gasteiger partial charge >= 0.3 is 0 Å². The minimum Gasteiger partial charge on any atom is -0.368 e. The average Bonchev–Trinajstić information content (AvgIpc) is 2.32. The number of hydrogen-bond donors (Lipinski definition) is 0. The van der Waals surface area contributed by atoms with Crippen LogP contribution in [0.3, 0.4) is 0 Å². The van der Waals surface area contributed by atoms with Crippen molar-refractivity contribution in [1.29, 1.82) is 0 Å². The highest BCUT2D eigenvalue weighted by Crippen LogP contribution is 2.28. The minimum atomic E-state index is 0.248. The number of likely N-dealkylation sites (N-methyl/N-ethyl adjacent to an activating group) is 1. The molecule has 0 amide bonds. The van der Waals surface area contributed by atoms with E-state index in [1.807, 2.05) is 0 Å². The van der Waals surface area contributed by atoms with E-state index in [1.165, 1.54) is 11.3 Å². The van der Waals surface area contributed by atoms with E-state index in [4.69, 9.17) is 0 Å². The van der Waals surface area contributed by atoms with Gasteiger partial charge in [-0.1, -0.05) is 34.1 Å².